The van der Waals surface area contributed by atoms with Crippen LogP contribution in [0.2, 0.25) is 5.02 Å². The number of esters is 1. The van der Waals surface area contributed by atoms with Gasteiger partial charge in [0.1, 0.15) is 21.2 Å². The summed E-state index contributed by atoms with van der Waals surface area (Å²) in [6.07, 6.45) is 4.76. The van der Waals surface area contributed by atoms with Gasteiger partial charge in [0.05, 0.1) is 24.9 Å². The lowest BCUT2D eigenvalue weighted by atomic mass is 10.2. The molecule has 0 aliphatic carbocycles. The predicted molar refractivity (Wildman–Crippen MR) is 136 cm³/mol. The van der Waals surface area contributed by atoms with Gasteiger partial charge in [-0.25, -0.2) is 9.78 Å². The largest absolute Gasteiger partial charge is 0.494 e. The van der Waals surface area contributed by atoms with E-state index in [2.05, 4.69) is 11.9 Å². The fraction of sp³-hybridized carbons (Fsp3) is 0.269. The molecule has 0 fully saturated rings. The van der Waals surface area contributed by atoms with Crippen LogP contribution in [0.4, 0.5) is 0 Å². The number of rotatable bonds is 9. The van der Waals surface area contributed by atoms with Crippen molar-refractivity contribution >= 4 is 39.1 Å². The van der Waals surface area contributed by atoms with Crippen molar-refractivity contribution in [1.82, 2.24) is 9.55 Å². The summed E-state index contributed by atoms with van der Waals surface area (Å²) in [4.78, 5) is 31.3. The van der Waals surface area contributed by atoms with E-state index in [1.54, 1.807) is 37.3 Å². The zero-order valence-corrected chi connectivity index (χ0v) is 20.6. The van der Waals surface area contributed by atoms with Gasteiger partial charge < -0.3 is 9.47 Å². The van der Waals surface area contributed by atoms with Gasteiger partial charge in [-0.15, -0.1) is 11.3 Å². The molecular weight excluding hydrogens is 472 g/mol. The van der Waals surface area contributed by atoms with E-state index >= 15 is 0 Å². The number of carbonyl (C=O) groups excluding carboxylic acids is 1. The Morgan fingerprint density at radius 1 is 1.09 bits per heavy atom. The monoisotopic (exact) mass is 496 g/mol. The molecule has 6 nitrogen and oxygen atoms in total. The Labute approximate surface area is 206 Å². The molecule has 2 aromatic heterocycles. The van der Waals surface area contributed by atoms with Crippen LogP contribution in [0.25, 0.3) is 10.2 Å². The molecule has 0 unspecified atom stereocenters. The van der Waals surface area contributed by atoms with Crippen molar-refractivity contribution < 1.29 is 14.3 Å². The highest BCUT2D eigenvalue weighted by Gasteiger charge is 2.21. The van der Waals surface area contributed by atoms with Gasteiger partial charge in [0.15, 0.2) is 0 Å². The third-order valence-electron chi connectivity index (χ3n) is 5.45. The minimum Gasteiger partial charge on any atom is -0.494 e. The van der Waals surface area contributed by atoms with Gasteiger partial charge >= 0.3 is 5.97 Å². The minimum absolute atomic E-state index is 0.220. The SMILES string of the molecule is CCCCCOc1ccc(OC(=O)c2sc3ncn(Cc4ccccc4Cl)c(=O)c3c2C)cc1. The fourth-order valence-corrected chi connectivity index (χ4v) is 4.79. The summed E-state index contributed by atoms with van der Waals surface area (Å²) >= 11 is 7.40. The van der Waals surface area contributed by atoms with E-state index in [1.807, 2.05) is 18.2 Å². The molecule has 4 aromatic rings. The van der Waals surface area contributed by atoms with Crippen molar-refractivity contribution in [2.75, 3.05) is 6.61 Å². The smallest absolute Gasteiger partial charge is 0.354 e. The van der Waals surface area contributed by atoms with E-state index in [9.17, 15) is 9.59 Å². The Morgan fingerprint density at radius 2 is 1.82 bits per heavy atom. The quantitative estimate of drug-likeness (QED) is 0.155. The molecule has 0 saturated heterocycles. The summed E-state index contributed by atoms with van der Waals surface area (Å²) in [5.74, 6) is 0.623. The fourth-order valence-electron chi connectivity index (χ4n) is 3.58. The molecule has 34 heavy (non-hydrogen) atoms. The maximum Gasteiger partial charge on any atom is 0.354 e. The molecule has 0 aliphatic heterocycles. The van der Waals surface area contributed by atoms with Crippen molar-refractivity contribution in [2.45, 2.75) is 39.7 Å². The highest BCUT2D eigenvalue weighted by Crippen LogP contribution is 2.29. The van der Waals surface area contributed by atoms with Crippen LogP contribution in [-0.4, -0.2) is 22.1 Å². The maximum atomic E-state index is 13.1. The molecule has 0 radical (unpaired) electrons. The van der Waals surface area contributed by atoms with Gasteiger partial charge in [0, 0.05) is 5.02 Å². The van der Waals surface area contributed by atoms with Gasteiger partial charge in [-0.05, 0) is 54.8 Å². The second-order valence-corrected chi connectivity index (χ2v) is 9.33. The summed E-state index contributed by atoms with van der Waals surface area (Å²) in [7, 11) is 0. The summed E-state index contributed by atoms with van der Waals surface area (Å²) in [5.41, 5.74) is 1.16. The third kappa shape index (κ3) is 5.32. The molecule has 0 bridgehead atoms. The number of thiophene rings is 1. The van der Waals surface area contributed by atoms with Crippen LogP contribution in [0.3, 0.4) is 0 Å². The average Bonchev–Trinajstić information content (AvgIpc) is 3.18. The second-order valence-electron chi connectivity index (χ2n) is 7.92. The number of nitrogens with zero attached hydrogens (tertiary/aromatic N) is 2. The number of carbonyl (C=O) groups is 1. The van der Waals surface area contributed by atoms with Gasteiger partial charge in [-0.2, -0.15) is 0 Å². The molecule has 0 N–H and O–H groups in total. The normalized spacial score (nSPS) is 11.0. The molecule has 0 spiro atoms. The number of unbranched alkanes of at least 4 members (excludes halogenated alkanes) is 2. The number of aryl methyl sites for hydroxylation is 1. The third-order valence-corrected chi connectivity index (χ3v) is 7.00. The van der Waals surface area contributed by atoms with Crippen molar-refractivity contribution in [3.63, 3.8) is 0 Å². The van der Waals surface area contributed by atoms with Crippen LogP contribution < -0.4 is 15.0 Å². The van der Waals surface area contributed by atoms with Crippen LogP contribution in [0.5, 0.6) is 11.5 Å². The molecule has 0 atom stereocenters. The topological polar surface area (TPSA) is 70.4 Å². The molecule has 0 saturated carbocycles. The highest BCUT2D eigenvalue weighted by atomic mass is 35.5. The van der Waals surface area contributed by atoms with E-state index in [0.29, 0.717) is 44.6 Å². The van der Waals surface area contributed by atoms with E-state index in [0.717, 1.165) is 41.9 Å². The summed E-state index contributed by atoms with van der Waals surface area (Å²) in [5, 5.41) is 1.00. The van der Waals surface area contributed by atoms with Gasteiger partial charge in [0.25, 0.3) is 5.56 Å². The molecule has 2 aromatic carbocycles. The van der Waals surface area contributed by atoms with Crippen molar-refractivity contribution in [1.29, 1.82) is 0 Å². The van der Waals surface area contributed by atoms with E-state index in [-0.39, 0.29) is 5.56 Å². The van der Waals surface area contributed by atoms with Gasteiger partial charge in [-0.1, -0.05) is 49.6 Å². The first-order valence-corrected chi connectivity index (χ1v) is 12.3. The van der Waals surface area contributed by atoms with Crippen molar-refractivity contribution in [3.8, 4) is 11.5 Å². The van der Waals surface area contributed by atoms with E-state index < -0.39 is 5.97 Å². The number of hydrogen-bond acceptors (Lipinski definition) is 6. The first kappa shape index (κ1) is 24.0. The Hall–Kier alpha value is -3.16. The molecule has 4 rings (SSSR count). The number of benzene rings is 2. The lowest BCUT2D eigenvalue weighted by Crippen LogP contribution is -2.21. The highest BCUT2D eigenvalue weighted by molar-refractivity contribution is 7.20. The van der Waals surface area contributed by atoms with Crippen LogP contribution in [0, 0.1) is 6.92 Å². The Balaban J connectivity index is 1.51. The van der Waals surface area contributed by atoms with Crippen LogP contribution in [-0.2, 0) is 6.54 Å². The Kier molecular flexibility index (Phi) is 7.65. The molecule has 8 heteroatoms. The lowest BCUT2D eigenvalue weighted by molar-refractivity contribution is 0.0739. The van der Waals surface area contributed by atoms with Crippen molar-refractivity contribution in [3.05, 3.63) is 86.2 Å². The lowest BCUT2D eigenvalue weighted by Gasteiger charge is -2.08. The molecule has 176 valence electrons. The van der Waals surface area contributed by atoms with Crippen LogP contribution in [0.15, 0.2) is 59.7 Å². The molecule has 0 amide bonds. The van der Waals surface area contributed by atoms with Gasteiger partial charge in [0.2, 0.25) is 0 Å². The number of hydrogen-bond donors (Lipinski definition) is 0. The zero-order valence-electron chi connectivity index (χ0n) is 19.0. The predicted octanol–water partition coefficient (Wildman–Crippen LogP) is 6.26. The maximum absolute atomic E-state index is 13.1. The molecule has 2 heterocycles. The van der Waals surface area contributed by atoms with Crippen LogP contribution in [0.1, 0.15) is 47.0 Å². The first-order valence-electron chi connectivity index (χ1n) is 11.1. The molecular formula is C26H25ClN2O4S. The Bertz CT molecular complexity index is 1360. The van der Waals surface area contributed by atoms with Crippen molar-refractivity contribution in [2.24, 2.45) is 0 Å². The number of halogens is 1. The minimum atomic E-state index is -0.519. The number of ether oxygens (including phenoxy) is 2. The second kappa shape index (κ2) is 10.8. The van der Waals surface area contributed by atoms with E-state index in [1.165, 1.54) is 10.9 Å². The number of aromatic nitrogens is 2. The molecule has 0 aliphatic rings. The van der Waals surface area contributed by atoms with Gasteiger partial charge in [-0.3, -0.25) is 9.36 Å². The summed E-state index contributed by atoms with van der Waals surface area (Å²) in [6.45, 7) is 4.85. The summed E-state index contributed by atoms with van der Waals surface area (Å²) < 4.78 is 12.7. The standard InChI is InChI=1S/C26H25ClN2O4S/c1-3-4-7-14-32-19-10-12-20(13-11-19)33-26(31)23-17(2)22-24(34-23)28-16-29(25(22)30)15-18-8-5-6-9-21(18)27/h5-6,8-13,16H,3-4,7,14-15H2,1-2H3. The number of fused-ring (bicyclic) bond motifs is 1. The first-order chi connectivity index (χ1) is 16.5. The Morgan fingerprint density at radius 3 is 2.56 bits per heavy atom. The zero-order chi connectivity index (χ0) is 24.1. The average molecular weight is 497 g/mol. The van der Waals surface area contributed by atoms with E-state index in [4.69, 9.17) is 21.1 Å². The van der Waals surface area contributed by atoms with Crippen LogP contribution >= 0.6 is 22.9 Å². The summed E-state index contributed by atoms with van der Waals surface area (Å²) in [6, 6.07) is 14.3.